The topological polar surface area (TPSA) is 50.6 Å². The molecule has 0 radical (unpaired) electrons. The van der Waals surface area contributed by atoms with E-state index in [4.69, 9.17) is 4.84 Å². The lowest BCUT2D eigenvalue weighted by Gasteiger charge is -2.32. The first kappa shape index (κ1) is 16.2. The van der Waals surface area contributed by atoms with Crippen LogP contribution in [0.3, 0.4) is 0 Å². The third-order valence-corrected chi connectivity index (χ3v) is 5.11. The van der Waals surface area contributed by atoms with Crippen molar-refractivity contribution in [2.45, 2.75) is 38.2 Å². The van der Waals surface area contributed by atoms with E-state index in [1.807, 2.05) is 31.3 Å². The van der Waals surface area contributed by atoms with Gasteiger partial charge in [0, 0.05) is 30.8 Å². The lowest BCUT2D eigenvalue weighted by molar-refractivity contribution is 0.0453. The van der Waals surface area contributed by atoms with E-state index in [1.54, 1.807) is 0 Å². The van der Waals surface area contributed by atoms with Gasteiger partial charge in [-0.25, -0.2) is 9.97 Å². The number of likely N-dealkylation sites (tertiary alicyclic amines) is 1. The SMILES string of the molecule is Cc1nccc(C2CCN(C[C@H]3CC(c4ccccc4)=NO3)CC2)n1. The Balaban J connectivity index is 1.27. The average molecular weight is 336 g/mol. The van der Waals surface area contributed by atoms with E-state index < -0.39 is 0 Å². The summed E-state index contributed by atoms with van der Waals surface area (Å²) in [6.07, 6.45) is 5.24. The fraction of sp³-hybridized carbons (Fsp3) is 0.450. The Morgan fingerprint density at radius 2 is 1.92 bits per heavy atom. The van der Waals surface area contributed by atoms with Crippen molar-refractivity contribution in [2.24, 2.45) is 5.16 Å². The number of aryl methyl sites for hydroxylation is 1. The normalized spacial score (nSPS) is 21.8. The zero-order valence-electron chi connectivity index (χ0n) is 14.6. The second kappa shape index (κ2) is 7.31. The minimum atomic E-state index is 0.174. The molecule has 130 valence electrons. The molecule has 0 N–H and O–H groups in total. The minimum absolute atomic E-state index is 0.174. The van der Waals surface area contributed by atoms with Crippen molar-refractivity contribution in [3.05, 3.63) is 59.7 Å². The number of benzene rings is 1. The molecule has 0 saturated carbocycles. The van der Waals surface area contributed by atoms with Crippen LogP contribution in [0.1, 0.15) is 42.3 Å². The number of hydrogen-bond donors (Lipinski definition) is 0. The Bertz CT molecular complexity index is 738. The van der Waals surface area contributed by atoms with Crippen LogP contribution < -0.4 is 0 Å². The second-order valence-electron chi connectivity index (χ2n) is 6.94. The smallest absolute Gasteiger partial charge is 0.145 e. The first-order valence-corrected chi connectivity index (χ1v) is 9.08. The summed E-state index contributed by atoms with van der Waals surface area (Å²) in [6.45, 7) is 5.10. The molecular formula is C20H24N4O. The number of piperidine rings is 1. The summed E-state index contributed by atoms with van der Waals surface area (Å²) in [4.78, 5) is 17.0. The molecule has 0 bridgehead atoms. The number of nitrogens with zero attached hydrogens (tertiary/aromatic N) is 4. The van der Waals surface area contributed by atoms with Crippen LogP contribution in [0.5, 0.6) is 0 Å². The van der Waals surface area contributed by atoms with Gasteiger partial charge in [-0.05, 0) is 44.5 Å². The van der Waals surface area contributed by atoms with Crippen molar-refractivity contribution in [3.8, 4) is 0 Å². The van der Waals surface area contributed by atoms with E-state index in [0.29, 0.717) is 5.92 Å². The van der Waals surface area contributed by atoms with Crippen LogP contribution in [-0.4, -0.2) is 46.3 Å². The first-order valence-electron chi connectivity index (χ1n) is 9.08. The number of rotatable bonds is 4. The highest BCUT2D eigenvalue weighted by atomic mass is 16.6. The maximum atomic E-state index is 5.68. The first-order chi connectivity index (χ1) is 12.3. The summed E-state index contributed by atoms with van der Waals surface area (Å²) >= 11 is 0. The summed E-state index contributed by atoms with van der Waals surface area (Å²) in [7, 11) is 0. The molecule has 1 aromatic heterocycles. The Hall–Kier alpha value is -2.27. The molecule has 5 heteroatoms. The molecule has 0 amide bonds. The second-order valence-corrected chi connectivity index (χ2v) is 6.94. The molecule has 25 heavy (non-hydrogen) atoms. The Kier molecular flexibility index (Phi) is 4.74. The molecule has 1 fully saturated rings. The Labute approximate surface area is 148 Å². The highest BCUT2D eigenvalue weighted by Gasteiger charge is 2.27. The molecular weight excluding hydrogens is 312 g/mol. The summed E-state index contributed by atoms with van der Waals surface area (Å²) in [5, 5.41) is 4.30. The molecule has 2 aliphatic rings. The lowest BCUT2D eigenvalue weighted by Crippen LogP contribution is -2.38. The summed E-state index contributed by atoms with van der Waals surface area (Å²) in [6, 6.07) is 12.4. The standard InChI is InChI=1S/C20H24N4O/c1-15-21-10-7-19(22-15)17-8-11-24(12-9-17)14-18-13-20(23-25-18)16-5-3-2-4-6-16/h2-7,10,17-18H,8-9,11-14H2,1H3/t18-/m1/s1. The van der Waals surface area contributed by atoms with Gasteiger partial charge in [0.25, 0.3) is 0 Å². The fourth-order valence-electron chi connectivity index (χ4n) is 3.73. The molecule has 2 aromatic rings. The molecule has 1 atom stereocenters. The van der Waals surface area contributed by atoms with E-state index in [2.05, 4.69) is 38.2 Å². The van der Waals surface area contributed by atoms with Crippen molar-refractivity contribution in [3.63, 3.8) is 0 Å². The van der Waals surface area contributed by atoms with Gasteiger partial charge in [0.15, 0.2) is 0 Å². The number of oxime groups is 1. The fourth-order valence-corrected chi connectivity index (χ4v) is 3.73. The van der Waals surface area contributed by atoms with Crippen LogP contribution in [0.15, 0.2) is 47.8 Å². The minimum Gasteiger partial charge on any atom is -0.390 e. The predicted molar refractivity (Wildman–Crippen MR) is 97.7 cm³/mol. The Morgan fingerprint density at radius 3 is 2.68 bits per heavy atom. The van der Waals surface area contributed by atoms with E-state index >= 15 is 0 Å². The molecule has 5 nitrogen and oxygen atoms in total. The molecule has 0 unspecified atom stereocenters. The predicted octanol–water partition coefficient (Wildman–Crippen LogP) is 3.16. The van der Waals surface area contributed by atoms with E-state index in [9.17, 15) is 0 Å². The van der Waals surface area contributed by atoms with E-state index in [0.717, 1.165) is 50.4 Å². The van der Waals surface area contributed by atoms with Gasteiger partial charge in [0.1, 0.15) is 11.9 Å². The largest absolute Gasteiger partial charge is 0.390 e. The summed E-state index contributed by atoms with van der Waals surface area (Å²) in [5.41, 5.74) is 3.43. The van der Waals surface area contributed by atoms with E-state index in [-0.39, 0.29) is 6.10 Å². The van der Waals surface area contributed by atoms with Crippen LogP contribution >= 0.6 is 0 Å². The summed E-state index contributed by atoms with van der Waals surface area (Å²) in [5.74, 6) is 1.42. The maximum absolute atomic E-state index is 5.68. The average Bonchev–Trinajstić information content (AvgIpc) is 3.12. The van der Waals surface area contributed by atoms with Crippen LogP contribution in [0.4, 0.5) is 0 Å². The molecule has 0 aliphatic carbocycles. The van der Waals surface area contributed by atoms with Crippen molar-refractivity contribution in [2.75, 3.05) is 19.6 Å². The Morgan fingerprint density at radius 1 is 1.12 bits per heavy atom. The third-order valence-electron chi connectivity index (χ3n) is 5.11. The number of aromatic nitrogens is 2. The quantitative estimate of drug-likeness (QED) is 0.860. The van der Waals surface area contributed by atoms with Gasteiger partial charge in [-0.15, -0.1) is 0 Å². The molecule has 0 spiro atoms. The highest BCUT2D eigenvalue weighted by Crippen LogP contribution is 2.27. The van der Waals surface area contributed by atoms with Crippen molar-refractivity contribution < 1.29 is 4.84 Å². The maximum Gasteiger partial charge on any atom is 0.145 e. The van der Waals surface area contributed by atoms with Crippen LogP contribution in [0, 0.1) is 6.92 Å². The summed E-state index contributed by atoms with van der Waals surface area (Å²) < 4.78 is 0. The van der Waals surface area contributed by atoms with E-state index in [1.165, 1.54) is 11.3 Å². The van der Waals surface area contributed by atoms with Gasteiger partial charge in [0.05, 0.1) is 5.71 Å². The van der Waals surface area contributed by atoms with Gasteiger partial charge in [-0.1, -0.05) is 35.5 Å². The highest BCUT2D eigenvalue weighted by molar-refractivity contribution is 6.01. The number of hydrogen-bond acceptors (Lipinski definition) is 5. The van der Waals surface area contributed by atoms with Crippen molar-refractivity contribution in [1.29, 1.82) is 0 Å². The molecule has 2 aliphatic heterocycles. The molecule has 1 saturated heterocycles. The van der Waals surface area contributed by atoms with Gasteiger partial charge in [-0.2, -0.15) is 0 Å². The van der Waals surface area contributed by atoms with Crippen LogP contribution in [0.2, 0.25) is 0 Å². The zero-order valence-corrected chi connectivity index (χ0v) is 14.6. The van der Waals surface area contributed by atoms with Crippen LogP contribution in [0.25, 0.3) is 0 Å². The molecule has 4 rings (SSSR count). The van der Waals surface area contributed by atoms with Crippen molar-refractivity contribution in [1.82, 2.24) is 14.9 Å². The van der Waals surface area contributed by atoms with Crippen molar-refractivity contribution >= 4 is 5.71 Å². The van der Waals surface area contributed by atoms with Gasteiger partial charge in [-0.3, -0.25) is 4.90 Å². The van der Waals surface area contributed by atoms with Gasteiger partial charge in [0.2, 0.25) is 0 Å². The molecule has 3 heterocycles. The van der Waals surface area contributed by atoms with Crippen LogP contribution in [-0.2, 0) is 4.84 Å². The third kappa shape index (κ3) is 3.87. The van der Waals surface area contributed by atoms with Gasteiger partial charge < -0.3 is 4.84 Å². The van der Waals surface area contributed by atoms with Gasteiger partial charge >= 0.3 is 0 Å². The monoisotopic (exact) mass is 336 g/mol. The lowest BCUT2D eigenvalue weighted by atomic mass is 9.93. The zero-order chi connectivity index (χ0) is 17.1. The molecule has 1 aromatic carbocycles.